The number of benzene rings is 1. The first-order valence-corrected chi connectivity index (χ1v) is 8.76. The van der Waals surface area contributed by atoms with Crippen molar-refractivity contribution < 1.29 is 13.9 Å². The molecule has 7 heteroatoms. The Bertz CT molecular complexity index is 767. The summed E-state index contributed by atoms with van der Waals surface area (Å²) < 4.78 is 25.9. The van der Waals surface area contributed by atoms with Gasteiger partial charge < -0.3 is 14.4 Å². The average molecular weight is 398 g/mol. The van der Waals surface area contributed by atoms with Gasteiger partial charge in [0.25, 0.3) is 0 Å². The van der Waals surface area contributed by atoms with Crippen molar-refractivity contribution in [3.8, 4) is 6.01 Å². The van der Waals surface area contributed by atoms with Crippen LogP contribution in [0.4, 0.5) is 10.2 Å². The fourth-order valence-electron chi connectivity index (χ4n) is 2.52. The Kier molecular flexibility index (Phi) is 4.92. The van der Waals surface area contributed by atoms with Crippen molar-refractivity contribution >= 4 is 32.7 Å². The third-order valence-electron chi connectivity index (χ3n) is 4.29. The summed E-state index contributed by atoms with van der Waals surface area (Å²) >= 11 is 3.29. The van der Waals surface area contributed by atoms with Crippen molar-refractivity contribution in [3.63, 3.8) is 0 Å². The van der Waals surface area contributed by atoms with Gasteiger partial charge in [-0.1, -0.05) is 0 Å². The highest BCUT2D eigenvalue weighted by Gasteiger charge is 2.29. The van der Waals surface area contributed by atoms with Gasteiger partial charge in [0.1, 0.15) is 17.9 Å². The number of methoxy groups -OCH3 is 1. The van der Waals surface area contributed by atoms with Gasteiger partial charge in [-0.05, 0) is 54.2 Å². The van der Waals surface area contributed by atoms with Crippen molar-refractivity contribution in [1.29, 1.82) is 0 Å². The van der Waals surface area contributed by atoms with Crippen LogP contribution < -0.4 is 9.64 Å². The maximum atomic E-state index is 14.7. The largest absolute Gasteiger partial charge is 0.461 e. The van der Waals surface area contributed by atoms with Gasteiger partial charge in [-0.2, -0.15) is 9.97 Å². The van der Waals surface area contributed by atoms with E-state index in [2.05, 4.69) is 30.8 Å². The molecule has 5 nitrogen and oxygen atoms in total. The SMILES string of the molecule is COC(C)COc1nc(N(C)C2CC2)c2cc(C)c(Br)c(F)c2n1. The van der Waals surface area contributed by atoms with E-state index in [9.17, 15) is 4.39 Å². The van der Waals surface area contributed by atoms with Crippen LogP contribution in [-0.4, -0.2) is 42.9 Å². The third kappa shape index (κ3) is 3.32. The molecule has 0 amide bonds. The Morgan fingerprint density at radius 1 is 1.42 bits per heavy atom. The first-order valence-electron chi connectivity index (χ1n) is 7.97. The maximum Gasteiger partial charge on any atom is 0.319 e. The predicted octanol–water partition coefficient (Wildman–Crippen LogP) is 3.85. The minimum Gasteiger partial charge on any atom is -0.461 e. The maximum absolute atomic E-state index is 14.7. The van der Waals surface area contributed by atoms with E-state index in [-0.39, 0.29) is 23.4 Å². The highest BCUT2D eigenvalue weighted by Crippen LogP contribution is 2.37. The zero-order chi connectivity index (χ0) is 17.4. The average Bonchev–Trinajstić information content (AvgIpc) is 3.42. The van der Waals surface area contributed by atoms with Crippen LogP contribution in [-0.2, 0) is 4.74 Å². The van der Waals surface area contributed by atoms with E-state index in [0.29, 0.717) is 28.3 Å². The summed E-state index contributed by atoms with van der Waals surface area (Å²) in [6.45, 7) is 4.06. The molecule has 3 rings (SSSR count). The van der Waals surface area contributed by atoms with E-state index < -0.39 is 0 Å². The Balaban J connectivity index is 2.10. The fourth-order valence-corrected chi connectivity index (χ4v) is 2.83. The molecule has 1 aliphatic rings. The Morgan fingerprint density at radius 3 is 2.75 bits per heavy atom. The summed E-state index contributed by atoms with van der Waals surface area (Å²) in [4.78, 5) is 10.9. The van der Waals surface area contributed by atoms with Gasteiger partial charge in [0.05, 0.1) is 10.6 Å². The van der Waals surface area contributed by atoms with Crippen molar-refractivity contribution in [3.05, 3.63) is 21.9 Å². The van der Waals surface area contributed by atoms with Crippen molar-refractivity contribution in [2.75, 3.05) is 25.7 Å². The van der Waals surface area contributed by atoms with Crippen molar-refractivity contribution in [1.82, 2.24) is 9.97 Å². The quantitative estimate of drug-likeness (QED) is 0.740. The van der Waals surface area contributed by atoms with Gasteiger partial charge in [0.2, 0.25) is 0 Å². The van der Waals surface area contributed by atoms with Crippen LogP contribution in [0, 0.1) is 12.7 Å². The monoisotopic (exact) mass is 397 g/mol. The minimum absolute atomic E-state index is 0.0940. The van der Waals surface area contributed by atoms with Gasteiger partial charge in [-0.3, -0.25) is 0 Å². The predicted molar refractivity (Wildman–Crippen MR) is 95.3 cm³/mol. The van der Waals surface area contributed by atoms with Crippen LogP contribution in [0.2, 0.25) is 0 Å². The van der Waals surface area contributed by atoms with E-state index >= 15 is 0 Å². The van der Waals surface area contributed by atoms with Gasteiger partial charge in [-0.15, -0.1) is 0 Å². The molecule has 1 heterocycles. The number of nitrogens with zero attached hydrogens (tertiary/aromatic N) is 3. The van der Waals surface area contributed by atoms with Crippen molar-refractivity contribution in [2.24, 2.45) is 0 Å². The molecule has 1 atom stereocenters. The van der Waals surface area contributed by atoms with Gasteiger partial charge in [-0.25, -0.2) is 4.39 Å². The molecule has 24 heavy (non-hydrogen) atoms. The Labute approximate surface area is 149 Å². The van der Waals surface area contributed by atoms with E-state index in [1.54, 1.807) is 7.11 Å². The van der Waals surface area contributed by atoms with E-state index in [4.69, 9.17) is 9.47 Å². The van der Waals surface area contributed by atoms with E-state index in [1.807, 2.05) is 27.0 Å². The summed E-state index contributed by atoms with van der Waals surface area (Å²) in [7, 11) is 3.59. The van der Waals surface area contributed by atoms with Crippen LogP contribution in [0.25, 0.3) is 10.9 Å². The number of aromatic nitrogens is 2. The molecule has 2 aromatic rings. The minimum atomic E-state index is -0.387. The number of anilines is 1. The molecule has 0 radical (unpaired) electrons. The Hall–Kier alpha value is -1.47. The zero-order valence-corrected chi connectivity index (χ0v) is 15.9. The molecule has 1 aromatic carbocycles. The number of rotatable bonds is 6. The highest BCUT2D eigenvalue weighted by atomic mass is 79.9. The number of halogens is 2. The third-order valence-corrected chi connectivity index (χ3v) is 5.26. The number of aryl methyl sites for hydroxylation is 1. The summed E-state index contributed by atoms with van der Waals surface area (Å²) in [6.07, 6.45) is 2.15. The molecule has 0 N–H and O–H groups in total. The van der Waals surface area contributed by atoms with Crippen LogP contribution in [0.3, 0.4) is 0 Å². The molecular formula is C17H21BrFN3O2. The molecule has 1 saturated carbocycles. The molecular weight excluding hydrogens is 377 g/mol. The zero-order valence-electron chi connectivity index (χ0n) is 14.3. The molecule has 130 valence electrons. The first kappa shape index (κ1) is 17.4. The lowest BCUT2D eigenvalue weighted by Gasteiger charge is -2.21. The van der Waals surface area contributed by atoms with Crippen LogP contribution in [0.5, 0.6) is 6.01 Å². The topological polar surface area (TPSA) is 47.5 Å². The van der Waals surface area contributed by atoms with Crippen LogP contribution >= 0.6 is 15.9 Å². The standard InChI is InChI=1S/C17H21BrFN3O2/c1-9-7-12-15(14(19)13(9)18)20-17(24-8-10(2)23-4)21-16(12)22(3)11-5-6-11/h7,10-11H,5-6,8H2,1-4H3. The summed E-state index contributed by atoms with van der Waals surface area (Å²) in [6, 6.07) is 2.53. The summed E-state index contributed by atoms with van der Waals surface area (Å²) in [5.41, 5.74) is 1.08. The molecule has 0 spiro atoms. The summed E-state index contributed by atoms with van der Waals surface area (Å²) in [5.74, 6) is 0.319. The second-order valence-electron chi connectivity index (χ2n) is 6.25. The molecule has 0 saturated heterocycles. The fraction of sp³-hybridized carbons (Fsp3) is 0.529. The van der Waals surface area contributed by atoms with Gasteiger partial charge in [0.15, 0.2) is 5.82 Å². The smallest absolute Gasteiger partial charge is 0.319 e. The lowest BCUT2D eigenvalue weighted by atomic mass is 10.1. The van der Waals surface area contributed by atoms with Crippen LogP contribution in [0.1, 0.15) is 25.3 Å². The molecule has 1 aliphatic carbocycles. The van der Waals surface area contributed by atoms with Gasteiger partial charge >= 0.3 is 6.01 Å². The molecule has 1 unspecified atom stereocenters. The summed E-state index contributed by atoms with van der Waals surface area (Å²) in [5, 5.41) is 0.703. The van der Waals surface area contributed by atoms with E-state index in [0.717, 1.165) is 18.4 Å². The molecule has 0 aliphatic heterocycles. The molecule has 0 bridgehead atoms. The first-order chi connectivity index (χ1) is 11.4. The second kappa shape index (κ2) is 6.80. The molecule has 1 fully saturated rings. The number of ether oxygens (including phenoxy) is 2. The van der Waals surface area contributed by atoms with Gasteiger partial charge in [0, 0.05) is 25.6 Å². The number of hydrogen-bond acceptors (Lipinski definition) is 5. The Morgan fingerprint density at radius 2 is 2.12 bits per heavy atom. The second-order valence-corrected chi connectivity index (χ2v) is 7.04. The van der Waals surface area contributed by atoms with Crippen molar-refractivity contribution in [2.45, 2.75) is 38.8 Å². The molecule has 1 aromatic heterocycles. The van der Waals surface area contributed by atoms with Crippen LogP contribution in [0.15, 0.2) is 10.5 Å². The number of hydrogen-bond donors (Lipinski definition) is 0. The van der Waals surface area contributed by atoms with E-state index in [1.165, 1.54) is 0 Å². The highest BCUT2D eigenvalue weighted by molar-refractivity contribution is 9.10. The lowest BCUT2D eigenvalue weighted by Crippen LogP contribution is -2.22. The normalized spacial score (nSPS) is 15.6. The lowest BCUT2D eigenvalue weighted by molar-refractivity contribution is 0.0682. The number of fused-ring (bicyclic) bond motifs is 1.